The van der Waals surface area contributed by atoms with E-state index in [4.69, 9.17) is 15.0 Å². The number of allylic oxidation sites excluding steroid dienone is 1. The Morgan fingerprint density at radius 3 is 2.12 bits per heavy atom. The van der Waals surface area contributed by atoms with Gasteiger partial charge in [-0.3, -0.25) is 4.57 Å². The normalized spacial score (nSPS) is 10.1. The van der Waals surface area contributed by atoms with E-state index in [1.165, 1.54) is 6.07 Å². The zero-order valence-corrected chi connectivity index (χ0v) is 4.80. The molecule has 0 aliphatic rings. The maximum Gasteiger partial charge on any atom is 0.366 e. The van der Waals surface area contributed by atoms with Gasteiger partial charge in [0.1, 0.15) is 11.4 Å². The number of rotatable bonds is 1. The molecule has 0 aromatic carbocycles. The molecular formula is C3H4NO3P. The van der Waals surface area contributed by atoms with E-state index >= 15 is 0 Å². The van der Waals surface area contributed by atoms with Crippen LogP contribution in [-0.2, 0) is 4.57 Å². The van der Waals surface area contributed by atoms with Gasteiger partial charge >= 0.3 is 7.60 Å². The summed E-state index contributed by atoms with van der Waals surface area (Å²) in [6.07, 6.45) is 0. The first-order valence-corrected chi connectivity index (χ1v) is 3.25. The summed E-state index contributed by atoms with van der Waals surface area (Å²) in [7, 11) is -4.31. The Hall–Kier alpha value is -0.620. The largest absolute Gasteiger partial charge is 0.366 e. The van der Waals surface area contributed by atoms with Crippen molar-refractivity contribution in [2.24, 2.45) is 0 Å². The van der Waals surface area contributed by atoms with E-state index < -0.39 is 12.9 Å². The average molecular weight is 133 g/mol. The molecule has 0 unspecified atom stereocenters. The molecule has 2 N–H and O–H groups in total. The fourth-order valence-electron chi connectivity index (χ4n) is 0.0651. The summed E-state index contributed by atoms with van der Waals surface area (Å²) in [5, 5.41) is 7.13. The molecule has 0 heterocycles. The lowest BCUT2D eigenvalue weighted by atomic mass is 10.7. The lowest BCUT2D eigenvalue weighted by Crippen LogP contribution is -1.77. The zero-order valence-electron chi connectivity index (χ0n) is 3.90. The third kappa shape index (κ3) is 1.90. The Balaban J connectivity index is 4.34. The van der Waals surface area contributed by atoms with Crippen molar-refractivity contribution in [2.75, 3.05) is 0 Å². The third-order valence-electron chi connectivity index (χ3n) is 0.481. The van der Waals surface area contributed by atoms with Crippen LogP contribution >= 0.6 is 7.60 Å². The van der Waals surface area contributed by atoms with Crippen molar-refractivity contribution >= 4 is 7.60 Å². The number of nitriles is 1. The summed E-state index contributed by atoms with van der Waals surface area (Å²) >= 11 is 0. The highest BCUT2D eigenvalue weighted by molar-refractivity contribution is 7.56. The highest BCUT2D eigenvalue weighted by atomic mass is 31.2. The molecule has 0 bridgehead atoms. The number of nitrogens with zero attached hydrogens (tertiary/aromatic N) is 1. The van der Waals surface area contributed by atoms with E-state index in [-0.39, 0.29) is 0 Å². The van der Waals surface area contributed by atoms with Crippen molar-refractivity contribution in [3.8, 4) is 6.07 Å². The van der Waals surface area contributed by atoms with Gasteiger partial charge in [0.15, 0.2) is 0 Å². The SMILES string of the molecule is C=C(C#N)P(=O)(O)O. The molecule has 0 aromatic rings. The van der Waals surface area contributed by atoms with Crippen molar-refractivity contribution in [2.45, 2.75) is 0 Å². The molecule has 44 valence electrons. The predicted octanol–water partition coefficient (Wildman–Crippen LogP) is 0.201. The molecule has 0 rings (SSSR count). The second-order valence-corrected chi connectivity index (χ2v) is 2.73. The Kier molecular flexibility index (Phi) is 1.94. The lowest BCUT2D eigenvalue weighted by molar-refractivity contribution is 0.384. The van der Waals surface area contributed by atoms with Gasteiger partial charge in [-0.2, -0.15) is 5.26 Å². The van der Waals surface area contributed by atoms with E-state index in [1.807, 2.05) is 0 Å². The van der Waals surface area contributed by atoms with Crippen LogP contribution in [0.5, 0.6) is 0 Å². The minimum atomic E-state index is -4.31. The summed E-state index contributed by atoms with van der Waals surface area (Å²) in [4.78, 5) is 16.2. The summed E-state index contributed by atoms with van der Waals surface area (Å²) in [6, 6.07) is 1.25. The van der Waals surface area contributed by atoms with Crippen molar-refractivity contribution in [3.05, 3.63) is 11.9 Å². The van der Waals surface area contributed by atoms with Gasteiger partial charge in [0.2, 0.25) is 0 Å². The second-order valence-electron chi connectivity index (χ2n) is 1.10. The maximum atomic E-state index is 9.93. The molecule has 0 aliphatic heterocycles. The van der Waals surface area contributed by atoms with Crippen molar-refractivity contribution in [1.82, 2.24) is 0 Å². The molecule has 0 aromatic heterocycles. The van der Waals surface area contributed by atoms with Crippen LogP contribution in [0, 0.1) is 11.3 Å². The van der Waals surface area contributed by atoms with Gasteiger partial charge in [-0.05, 0) is 0 Å². The van der Waals surface area contributed by atoms with Gasteiger partial charge in [-0.15, -0.1) is 0 Å². The van der Waals surface area contributed by atoms with Gasteiger partial charge < -0.3 is 9.79 Å². The Morgan fingerprint density at radius 1 is 1.75 bits per heavy atom. The van der Waals surface area contributed by atoms with Crippen LogP contribution in [0.25, 0.3) is 0 Å². The molecule has 8 heavy (non-hydrogen) atoms. The second kappa shape index (κ2) is 2.10. The minimum absolute atomic E-state index is 0.697. The molecule has 0 saturated carbocycles. The molecule has 0 aliphatic carbocycles. The highest BCUT2D eigenvalue weighted by Crippen LogP contribution is 2.42. The van der Waals surface area contributed by atoms with Crippen LogP contribution in [0.2, 0.25) is 0 Å². The Bertz CT molecular complexity index is 185. The van der Waals surface area contributed by atoms with E-state index in [2.05, 4.69) is 6.58 Å². The van der Waals surface area contributed by atoms with Crippen molar-refractivity contribution < 1.29 is 14.4 Å². The van der Waals surface area contributed by atoms with Gasteiger partial charge in [-0.25, -0.2) is 0 Å². The Morgan fingerprint density at radius 2 is 2.12 bits per heavy atom. The fourth-order valence-corrected chi connectivity index (χ4v) is 0.195. The van der Waals surface area contributed by atoms with Crippen molar-refractivity contribution in [3.63, 3.8) is 0 Å². The molecule has 5 heteroatoms. The number of hydrogen-bond acceptors (Lipinski definition) is 2. The molecular weight excluding hydrogens is 129 g/mol. The molecule has 0 spiro atoms. The molecule has 0 radical (unpaired) electrons. The van der Waals surface area contributed by atoms with Gasteiger partial charge in [0, 0.05) is 0 Å². The molecule has 4 nitrogen and oxygen atoms in total. The summed E-state index contributed by atoms with van der Waals surface area (Å²) in [5.74, 6) is 0. The van der Waals surface area contributed by atoms with Crippen LogP contribution in [0.4, 0.5) is 0 Å². The topological polar surface area (TPSA) is 81.3 Å². The first-order valence-electron chi connectivity index (χ1n) is 1.63. The summed E-state index contributed by atoms with van der Waals surface area (Å²) in [5.41, 5.74) is 0. The Labute approximate surface area is 46.2 Å². The molecule has 0 atom stereocenters. The van der Waals surface area contributed by atoms with Crippen LogP contribution in [0.3, 0.4) is 0 Å². The smallest absolute Gasteiger partial charge is 0.321 e. The average Bonchev–Trinajstić information content (AvgIpc) is 1.62. The lowest BCUT2D eigenvalue weighted by Gasteiger charge is -1.94. The zero-order chi connectivity index (χ0) is 6.78. The quantitative estimate of drug-likeness (QED) is 0.395. The molecule has 0 saturated heterocycles. The van der Waals surface area contributed by atoms with Crippen LogP contribution in [0.1, 0.15) is 0 Å². The minimum Gasteiger partial charge on any atom is -0.321 e. The van der Waals surface area contributed by atoms with E-state index in [9.17, 15) is 4.57 Å². The standard InChI is InChI=1S/C3H4NO3P/c1-3(2-4)8(5,6)7/h1H2,(H2,5,6,7). The van der Waals surface area contributed by atoms with Gasteiger partial charge in [-0.1, -0.05) is 6.58 Å². The monoisotopic (exact) mass is 133 g/mol. The molecule has 0 fully saturated rings. The van der Waals surface area contributed by atoms with Crippen LogP contribution in [0.15, 0.2) is 11.9 Å². The summed E-state index contributed by atoms with van der Waals surface area (Å²) < 4.78 is 9.93. The molecule has 0 amide bonds. The first-order chi connectivity index (χ1) is 3.48. The number of hydrogen-bond donors (Lipinski definition) is 2. The first kappa shape index (κ1) is 7.38. The highest BCUT2D eigenvalue weighted by Gasteiger charge is 2.16. The van der Waals surface area contributed by atoms with Crippen LogP contribution < -0.4 is 0 Å². The van der Waals surface area contributed by atoms with Crippen LogP contribution in [-0.4, -0.2) is 9.79 Å². The van der Waals surface area contributed by atoms with Crippen molar-refractivity contribution in [1.29, 1.82) is 5.26 Å². The van der Waals surface area contributed by atoms with E-state index in [0.717, 1.165) is 0 Å². The summed E-state index contributed by atoms with van der Waals surface area (Å²) in [6.45, 7) is 2.82. The maximum absolute atomic E-state index is 9.93. The fraction of sp³-hybridized carbons (Fsp3) is 0. The van der Waals surface area contributed by atoms with E-state index in [1.54, 1.807) is 0 Å². The third-order valence-corrected chi connectivity index (χ3v) is 1.28. The van der Waals surface area contributed by atoms with Gasteiger partial charge in [0.05, 0.1) is 0 Å². The van der Waals surface area contributed by atoms with Gasteiger partial charge in [0.25, 0.3) is 0 Å². The predicted molar refractivity (Wildman–Crippen MR) is 26.8 cm³/mol. The van der Waals surface area contributed by atoms with E-state index in [0.29, 0.717) is 0 Å².